The number of benzene rings is 1. The van der Waals surface area contributed by atoms with Gasteiger partial charge in [-0.1, -0.05) is 0 Å². The number of aromatic carboxylic acids is 1. The van der Waals surface area contributed by atoms with E-state index in [2.05, 4.69) is 14.9 Å². The third-order valence-electron chi connectivity index (χ3n) is 5.42. The Hall–Kier alpha value is -3.01. The Morgan fingerprint density at radius 1 is 1.35 bits per heavy atom. The fourth-order valence-corrected chi connectivity index (χ4v) is 3.86. The van der Waals surface area contributed by atoms with Crippen molar-refractivity contribution >= 4 is 29.3 Å². The van der Waals surface area contributed by atoms with Gasteiger partial charge in [0.15, 0.2) is 5.56 Å². The predicted molar refractivity (Wildman–Crippen MR) is 118 cm³/mol. The molecule has 2 aromatic heterocycles. The van der Waals surface area contributed by atoms with Gasteiger partial charge in [0.25, 0.3) is 5.56 Å². The fraction of sp³-hybridized carbons (Fsp3) is 0.333. The van der Waals surface area contributed by atoms with Crippen LogP contribution in [-0.2, 0) is 24.8 Å². The molecule has 9 nitrogen and oxygen atoms in total. The van der Waals surface area contributed by atoms with E-state index in [1.54, 1.807) is 7.11 Å². The summed E-state index contributed by atoms with van der Waals surface area (Å²) in [5, 5.41) is 24.0. The molecule has 1 aliphatic heterocycles. The summed E-state index contributed by atoms with van der Waals surface area (Å²) in [6, 6.07) is 5.84. The normalized spacial score (nSPS) is 12.5. The van der Waals surface area contributed by atoms with Crippen LogP contribution in [-0.4, -0.2) is 52.6 Å². The molecular formula is C21H24ClN3O6. The molecule has 0 fully saturated rings. The first kappa shape index (κ1) is 22.7. The molecule has 3 aromatic rings. The zero-order valence-corrected chi connectivity index (χ0v) is 18.0. The maximum absolute atomic E-state index is 12.3. The van der Waals surface area contributed by atoms with Gasteiger partial charge in [-0.15, -0.1) is 12.4 Å². The number of methoxy groups -OCH3 is 1. The third-order valence-corrected chi connectivity index (χ3v) is 5.42. The van der Waals surface area contributed by atoms with E-state index in [1.807, 2.05) is 25.2 Å². The lowest BCUT2D eigenvalue weighted by Crippen LogP contribution is -2.20. The summed E-state index contributed by atoms with van der Waals surface area (Å²) >= 11 is 0. The maximum Gasteiger partial charge on any atom is 0.345 e. The van der Waals surface area contributed by atoms with Crippen LogP contribution in [0.4, 0.5) is 0 Å². The minimum absolute atomic E-state index is 0. The minimum atomic E-state index is -1.47. The number of ether oxygens (including phenoxy) is 2. The highest BCUT2D eigenvalue weighted by Crippen LogP contribution is 2.40. The maximum atomic E-state index is 12.3. The molecule has 0 aliphatic carbocycles. The van der Waals surface area contributed by atoms with Gasteiger partial charge in [-0.25, -0.2) is 4.79 Å². The van der Waals surface area contributed by atoms with Crippen LogP contribution in [0.15, 0.2) is 23.0 Å². The molecule has 0 amide bonds. The molecule has 10 heteroatoms. The Kier molecular flexibility index (Phi) is 6.59. The number of carbonyl (C=O) groups is 1. The second-order valence-corrected chi connectivity index (χ2v) is 7.21. The van der Waals surface area contributed by atoms with Crippen LogP contribution >= 0.6 is 12.4 Å². The number of aromatic nitrogens is 2. The fourth-order valence-electron chi connectivity index (χ4n) is 3.86. The molecule has 1 aliphatic rings. The van der Waals surface area contributed by atoms with E-state index in [0.717, 1.165) is 23.1 Å². The first-order chi connectivity index (χ1) is 14.4. The highest BCUT2D eigenvalue weighted by Gasteiger charge is 2.26. The number of halogens is 1. The Labute approximate surface area is 184 Å². The molecule has 0 atom stereocenters. The van der Waals surface area contributed by atoms with Crippen molar-refractivity contribution in [3.63, 3.8) is 0 Å². The van der Waals surface area contributed by atoms with E-state index in [1.165, 1.54) is 0 Å². The van der Waals surface area contributed by atoms with Crippen molar-refractivity contribution in [1.29, 1.82) is 0 Å². The Morgan fingerprint density at radius 2 is 2.13 bits per heavy atom. The van der Waals surface area contributed by atoms with Crippen LogP contribution in [0.25, 0.3) is 22.2 Å². The van der Waals surface area contributed by atoms with Gasteiger partial charge in [0.05, 0.1) is 24.4 Å². The largest absolute Gasteiger partial charge is 0.506 e. The number of carboxylic acid groups (broad SMARTS) is 1. The van der Waals surface area contributed by atoms with Crippen molar-refractivity contribution in [3.05, 3.63) is 45.4 Å². The number of aryl methyl sites for hydroxylation is 1. The van der Waals surface area contributed by atoms with E-state index in [0.29, 0.717) is 35.7 Å². The molecule has 0 saturated carbocycles. The van der Waals surface area contributed by atoms with E-state index in [4.69, 9.17) is 9.47 Å². The topological polar surface area (TPSA) is 126 Å². The van der Waals surface area contributed by atoms with Crippen molar-refractivity contribution in [3.8, 4) is 22.8 Å². The lowest BCUT2D eigenvalue weighted by atomic mass is 9.99. The molecule has 0 spiro atoms. The van der Waals surface area contributed by atoms with Gasteiger partial charge >= 0.3 is 5.97 Å². The SMILES string of the molecule is COCCNCc1cc2cc3c(cc2n1C)OCCc1c-3[nH]c(=O)c(C(=O)O)c1O.Cl. The van der Waals surface area contributed by atoms with Gasteiger partial charge < -0.3 is 34.6 Å². The van der Waals surface area contributed by atoms with Gasteiger partial charge in [0.1, 0.15) is 11.5 Å². The summed E-state index contributed by atoms with van der Waals surface area (Å²) < 4.78 is 13.0. The standard InChI is InChI=1S/C21H23N3O6.ClH/c1-24-12(10-22-4-6-29-2)7-11-8-14-16(9-15(11)24)30-5-3-13-18(14)23-20(26)17(19(13)25)21(27)28;/h7-9,22H,3-6,10H2,1-2H3,(H,27,28)(H2,23,25,26);1H. The van der Waals surface area contributed by atoms with Gasteiger partial charge in [-0.2, -0.15) is 0 Å². The number of carboxylic acids is 1. The van der Waals surface area contributed by atoms with Gasteiger partial charge in [0.2, 0.25) is 0 Å². The number of aromatic amines is 1. The number of hydrogen-bond acceptors (Lipinski definition) is 6. The molecule has 1 aromatic carbocycles. The highest BCUT2D eigenvalue weighted by atomic mass is 35.5. The molecule has 0 unspecified atom stereocenters. The zero-order chi connectivity index (χ0) is 21.4. The van der Waals surface area contributed by atoms with E-state index in [-0.39, 0.29) is 25.4 Å². The monoisotopic (exact) mass is 449 g/mol. The second kappa shape index (κ2) is 9.01. The average molecular weight is 450 g/mol. The van der Waals surface area contributed by atoms with E-state index in [9.17, 15) is 19.8 Å². The number of aromatic hydroxyl groups is 1. The highest BCUT2D eigenvalue weighted by molar-refractivity contribution is 5.94. The minimum Gasteiger partial charge on any atom is -0.506 e. The van der Waals surface area contributed by atoms with Crippen molar-refractivity contribution in [1.82, 2.24) is 14.9 Å². The second-order valence-electron chi connectivity index (χ2n) is 7.21. The smallest absolute Gasteiger partial charge is 0.345 e. The summed E-state index contributed by atoms with van der Waals surface area (Å²) in [7, 11) is 3.63. The molecular weight excluding hydrogens is 426 g/mol. The van der Waals surface area contributed by atoms with Crippen molar-refractivity contribution < 1.29 is 24.5 Å². The molecule has 166 valence electrons. The molecule has 3 heterocycles. The molecule has 4 N–H and O–H groups in total. The predicted octanol–water partition coefficient (Wildman–Crippen LogP) is 2.03. The number of nitrogens with one attached hydrogen (secondary N) is 2. The van der Waals surface area contributed by atoms with Crippen LogP contribution in [0.1, 0.15) is 21.6 Å². The molecule has 0 saturated heterocycles. The van der Waals surface area contributed by atoms with Crippen molar-refractivity contribution in [2.75, 3.05) is 26.9 Å². The van der Waals surface area contributed by atoms with E-state index < -0.39 is 22.8 Å². The third kappa shape index (κ3) is 3.99. The lowest BCUT2D eigenvalue weighted by molar-refractivity contribution is 0.0691. The van der Waals surface area contributed by atoms with Crippen LogP contribution in [0.3, 0.4) is 0 Å². The molecule has 0 radical (unpaired) electrons. The van der Waals surface area contributed by atoms with Crippen LogP contribution in [0.5, 0.6) is 11.5 Å². The Balaban J connectivity index is 0.00000272. The number of H-pyrrole nitrogens is 1. The first-order valence-electron chi connectivity index (χ1n) is 9.59. The molecule has 31 heavy (non-hydrogen) atoms. The van der Waals surface area contributed by atoms with Gasteiger partial charge in [-0.05, 0) is 12.1 Å². The summed E-state index contributed by atoms with van der Waals surface area (Å²) in [5.41, 5.74) is 1.91. The first-order valence-corrected chi connectivity index (χ1v) is 9.59. The van der Waals surface area contributed by atoms with Crippen LogP contribution in [0.2, 0.25) is 0 Å². The van der Waals surface area contributed by atoms with Crippen LogP contribution < -0.4 is 15.6 Å². The van der Waals surface area contributed by atoms with Gasteiger partial charge in [0, 0.05) is 61.9 Å². The van der Waals surface area contributed by atoms with E-state index >= 15 is 0 Å². The molecule has 4 rings (SSSR count). The van der Waals surface area contributed by atoms with Gasteiger partial charge in [-0.3, -0.25) is 4.79 Å². The number of hydrogen-bond donors (Lipinski definition) is 4. The molecule has 0 bridgehead atoms. The van der Waals surface area contributed by atoms with Crippen molar-refractivity contribution in [2.24, 2.45) is 7.05 Å². The Bertz CT molecular complexity index is 1200. The number of rotatable bonds is 6. The summed E-state index contributed by atoms with van der Waals surface area (Å²) in [6.07, 6.45) is 0.276. The van der Waals surface area contributed by atoms with Crippen LogP contribution in [0, 0.1) is 0 Å². The number of fused-ring (bicyclic) bond motifs is 4. The average Bonchev–Trinajstić information content (AvgIpc) is 2.89. The zero-order valence-electron chi connectivity index (χ0n) is 17.2. The Morgan fingerprint density at radius 3 is 2.84 bits per heavy atom. The summed E-state index contributed by atoms with van der Waals surface area (Å²) in [5.74, 6) is -1.40. The lowest BCUT2D eigenvalue weighted by Gasteiger charge is -2.12. The number of pyridine rings is 1. The summed E-state index contributed by atoms with van der Waals surface area (Å²) in [4.78, 5) is 26.3. The quantitative estimate of drug-likeness (QED) is 0.424. The number of nitrogens with zero attached hydrogens (tertiary/aromatic N) is 1. The summed E-state index contributed by atoms with van der Waals surface area (Å²) in [6.45, 7) is 2.27. The van der Waals surface area contributed by atoms with Crippen molar-refractivity contribution in [2.45, 2.75) is 13.0 Å².